The van der Waals surface area contributed by atoms with Crippen molar-refractivity contribution in [2.45, 2.75) is 44.3 Å². The van der Waals surface area contributed by atoms with Gasteiger partial charge in [-0.15, -0.1) is 0 Å². The quantitative estimate of drug-likeness (QED) is 0.786. The zero-order valence-corrected chi connectivity index (χ0v) is 13.0. The molecule has 0 aromatic carbocycles. The molecule has 124 valence electrons. The summed E-state index contributed by atoms with van der Waals surface area (Å²) in [5, 5.41) is 4.88. The predicted octanol–water partition coefficient (Wildman–Crippen LogP) is 1.77. The fraction of sp³-hybridized carbons (Fsp3) is 0.929. The fourth-order valence-electron chi connectivity index (χ4n) is 3.00. The number of hydrogen-bond donors (Lipinski definition) is 2. The first-order chi connectivity index (χ1) is 9.65. The Labute approximate surface area is 124 Å². The lowest BCUT2D eigenvalue weighted by Gasteiger charge is -2.45. The van der Waals surface area contributed by atoms with Gasteiger partial charge < -0.3 is 15.5 Å². The van der Waals surface area contributed by atoms with E-state index in [9.17, 15) is 18.0 Å². The maximum absolute atomic E-state index is 12.0. The molecule has 0 radical (unpaired) electrons. The van der Waals surface area contributed by atoms with E-state index in [0.29, 0.717) is 12.5 Å². The molecule has 2 atom stereocenters. The molecule has 1 saturated carbocycles. The van der Waals surface area contributed by atoms with Crippen LogP contribution < -0.4 is 10.6 Å². The topological polar surface area (TPSA) is 44.4 Å². The van der Waals surface area contributed by atoms with Gasteiger partial charge in [-0.05, 0) is 32.9 Å². The Balaban J connectivity index is 2.41. The van der Waals surface area contributed by atoms with Crippen molar-refractivity contribution in [3.8, 4) is 0 Å². The SMILES string of the molecule is CC1CCCC(CNC(=O)CNCC(F)(F)F)(N(C)C)C1. The van der Waals surface area contributed by atoms with E-state index in [4.69, 9.17) is 0 Å². The van der Waals surface area contributed by atoms with E-state index >= 15 is 0 Å². The van der Waals surface area contributed by atoms with Crippen LogP contribution in [0, 0.1) is 5.92 Å². The molecule has 1 aliphatic rings. The number of amides is 1. The highest BCUT2D eigenvalue weighted by Gasteiger charge is 2.37. The van der Waals surface area contributed by atoms with E-state index in [0.717, 1.165) is 19.3 Å². The van der Waals surface area contributed by atoms with Crippen molar-refractivity contribution in [3.05, 3.63) is 0 Å². The molecule has 0 bridgehead atoms. The predicted molar refractivity (Wildman–Crippen MR) is 76.0 cm³/mol. The molecule has 0 aliphatic heterocycles. The molecule has 2 unspecified atom stereocenters. The van der Waals surface area contributed by atoms with E-state index in [-0.39, 0.29) is 12.1 Å². The number of likely N-dealkylation sites (N-methyl/N-ethyl adjacent to an activating group) is 1. The number of hydrogen-bond acceptors (Lipinski definition) is 3. The fourth-order valence-corrected chi connectivity index (χ4v) is 3.00. The molecule has 0 aromatic rings. The maximum Gasteiger partial charge on any atom is 0.401 e. The van der Waals surface area contributed by atoms with E-state index in [1.165, 1.54) is 6.42 Å². The zero-order valence-electron chi connectivity index (χ0n) is 13.0. The van der Waals surface area contributed by atoms with Gasteiger partial charge in [0.15, 0.2) is 0 Å². The number of alkyl halides is 3. The minimum absolute atomic E-state index is 0.0860. The molecule has 1 amide bonds. The molecule has 21 heavy (non-hydrogen) atoms. The first-order valence-electron chi connectivity index (χ1n) is 7.36. The normalized spacial score (nSPS) is 26.9. The van der Waals surface area contributed by atoms with Gasteiger partial charge in [0.2, 0.25) is 5.91 Å². The number of carbonyl (C=O) groups is 1. The van der Waals surface area contributed by atoms with Crippen molar-refractivity contribution in [2.24, 2.45) is 5.92 Å². The molecule has 7 heteroatoms. The third-order valence-electron chi connectivity index (χ3n) is 4.24. The monoisotopic (exact) mass is 309 g/mol. The van der Waals surface area contributed by atoms with E-state index in [1.54, 1.807) is 0 Å². The zero-order chi connectivity index (χ0) is 16.1. The highest BCUT2D eigenvalue weighted by atomic mass is 19.4. The van der Waals surface area contributed by atoms with Crippen molar-refractivity contribution in [3.63, 3.8) is 0 Å². The minimum Gasteiger partial charge on any atom is -0.353 e. The second-order valence-corrected chi connectivity index (χ2v) is 6.32. The van der Waals surface area contributed by atoms with Crippen molar-refractivity contribution in [1.29, 1.82) is 0 Å². The Morgan fingerprint density at radius 3 is 2.57 bits per heavy atom. The number of rotatable bonds is 6. The van der Waals surface area contributed by atoms with Crippen LogP contribution in [-0.2, 0) is 4.79 Å². The molecule has 0 aromatic heterocycles. The van der Waals surface area contributed by atoms with E-state index in [1.807, 2.05) is 14.1 Å². The number of nitrogens with one attached hydrogen (secondary N) is 2. The molecule has 0 saturated heterocycles. The Bertz CT molecular complexity index is 347. The minimum atomic E-state index is -4.29. The van der Waals surface area contributed by atoms with Gasteiger partial charge in [0.1, 0.15) is 0 Å². The van der Waals surface area contributed by atoms with Gasteiger partial charge in [0.25, 0.3) is 0 Å². The summed E-state index contributed by atoms with van der Waals surface area (Å²) in [6.45, 7) is 1.23. The summed E-state index contributed by atoms with van der Waals surface area (Å²) in [6.07, 6.45) is 0.0129. The smallest absolute Gasteiger partial charge is 0.353 e. The first kappa shape index (κ1) is 18.2. The molecular weight excluding hydrogens is 283 g/mol. The van der Waals surface area contributed by atoms with Crippen LogP contribution in [0.4, 0.5) is 13.2 Å². The second kappa shape index (κ2) is 7.45. The molecular formula is C14H26F3N3O. The molecule has 1 aliphatic carbocycles. The lowest BCUT2D eigenvalue weighted by Crippen LogP contribution is -2.55. The van der Waals surface area contributed by atoms with Gasteiger partial charge in [0.05, 0.1) is 13.1 Å². The summed E-state index contributed by atoms with van der Waals surface area (Å²) in [5.41, 5.74) is -0.0860. The van der Waals surface area contributed by atoms with Crippen LogP contribution in [0.15, 0.2) is 0 Å². The summed E-state index contributed by atoms with van der Waals surface area (Å²) < 4.78 is 36.0. The average Bonchev–Trinajstić information content (AvgIpc) is 2.34. The van der Waals surface area contributed by atoms with Gasteiger partial charge in [0, 0.05) is 12.1 Å². The highest BCUT2D eigenvalue weighted by molar-refractivity contribution is 5.78. The Morgan fingerprint density at radius 1 is 1.38 bits per heavy atom. The Morgan fingerprint density at radius 2 is 2.05 bits per heavy atom. The third-order valence-corrected chi connectivity index (χ3v) is 4.24. The van der Waals surface area contributed by atoms with E-state index in [2.05, 4.69) is 22.5 Å². The molecule has 4 nitrogen and oxygen atoms in total. The first-order valence-corrected chi connectivity index (χ1v) is 7.36. The molecule has 0 spiro atoms. The lowest BCUT2D eigenvalue weighted by molar-refractivity contribution is -0.128. The number of carbonyl (C=O) groups excluding carboxylic acids is 1. The van der Waals surface area contributed by atoms with Crippen molar-refractivity contribution < 1.29 is 18.0 Å². The molecule has 2 N–H and O–H groups in total. The Hall–Kier alpha value is -0.820. The largest absolute Gasteiger partial charge is 0.401 e. The lowest BCUT2D eigenvalue weighted by atomic mass is 9.75. The summed E-state index contributed by atoms with van der Waals surface area (Å²) in [4.78, 5) is 13.8. The summed E-state index contributed by atoms with van der Waals surface area (Å²) in [6, 6.07) is 0. The van der Waals surface area contributed by atoms with Crippen LogP contribution in [0.25, 0.3) is 0 Å². The van der Waals surface area contributed by atoms with Crippen molar-refractivity contribution in [2.75, 3.05) is 33.7 Å². The van der Waals surface area contributed by atoms with Crippen molar-refractivity contribution >= 4 is 5.91 Å². The van der Waals surface area contributed by atoms with Gasteiger partial charge in [-0.2, -0.15) is 13.2 Å². The number of halogens is 3. The van der Waals surface area contributed by atoms with Crippen molar-refractivity contribution in [1.82, 2.24) is 15.5 Å². The van der Waals surface area contributed by atoms with Crippen LogP contribution in [0.5, 0.6) is 0 Å². The van der Waals surface area contributed by atoms with Gasteiger partial charge in [-0.25, -0.2) is 0 Å². The van der Waals surface area contributed by atoms with Crippen LogP contribution in [0.3, 0.4) is 0 Å². The van der Waals surface area contributed by atoms with Gasteiger partial charge in [-0.3, -0.25) is 4.79 Å². The highest BCUT2D eigenvalue weighted by Crippen LogP contribution is 2.35. The average molecular weight is 309 g/mol. The molecule has 0 heterocycles. The van der Waals surface area contributed by atoms with Crippen LogP contribution in [-0.4, -0.2) is 56.3 Å². The maximum atomic E-state index is 12.0. The summed E-state index contributed by atoms with van der Waals surface area (Å²) in [5.74, 6) is 0.208. The van der Waals surface area contributed by atoms with Crippen LogP contribution in [0.1, 0.15) is 32.6 Å². The van der Waals surface area contributed by atoms with Gasteiger partial charge >= 0.3 is 6.18 Å². The summed E-state index contributed by atoms with van der Waals surface area (Å²) in [7, 11) is 3.98. The third kappa shape index (κ3) is 6.22. The number of nitrogens with zero attached hydrogens (tertiary/aromatic N) is 1. The van der Waals surface area contributed by atoms with Crippen LogP contribution >= 0.6 is 0 Å². The summed E-state index contributed by atoms with van der Waals surface area (Å²) >= 11 is 0. The molecule has 1 fully saturated rings. The molecule has 1 rings (SSSR count). The van der Waals surface area contributed by atoms with Gasteiger partial charge in [-0.1, -0.05) is 19.8 Å². The van der Waals surface area contributed by atoms with E-state index < -0.39 is 18.6 Å². The van der Waals surface area contributed by atoms with Crippen LogP contribution in [0.2, 0.25) is 0 Å². The standard InChI is InChI=1S/C14H26F3N3O/c1-11-5-4-6-13(7-11,20(2)3)9-19-12(21)8-18-10-14(15,16)17/h11,18H,4-10H2,1-3H3,(H,19,21). The Kier molecular flexibility index (Phi) is 6.46. The second-order valence-electron chi connectivity index (χ2n) is 6.32.